The zero-order chi connectivity index (χ0) is 11.7. The van der Waals surface area contributed by atoms with Crippen LogP contribution in [0.25, 0.3) is 0 Å². The Morgan fingerprint density at radius 1 is 1.29 bits per heavy atom. The number of likely N-dealkylation sites (tertiary alicyclic amines) is 1. The summed E-state index contributed by atoms with van der Waals surface area (Å²) < 4.78 is 0. The average molecular weight is 230 g/mol. The van der Waals surface area contributed by atoms with Crippen molar-refractivity contribution in [2.45, 2.75) is 32.1 Å². The molecule has 3 rings (SSSR count). The van der Waals surface area contributed by atoms with Gasteiger partial charge in [-0.1, -0.05) is 12.1 Å². The Balaban J connectivity index is 1.78. The van der Waals surface area contributed by atoms with Crippen molar-refractivity contribution in [3.05, 3.63) is 29.3 Å². The summed E-state index contributed by atoms with van der Waals surface area (Å²) in [6.07, 6.45) is 4.07. The monoisotopic (exact) mass is 230 g/mol. The van der Waals surface area contributed by atoms with Gasteiger partial charge in [0.05, 0.1) is 0 Å². The second-order valence-electron chi connectivity index (χ2n) is 5.51. The number of hydrogen-bond donors (Lipinski definition) is 1. The lowest BCUT2D eigenvalue weighted by molar-refractivity contribution is 0.307. The summed E-state index contributed by atoms with van der Waals surface area (Å²) >= 11 is 0. The maximum atomic E-state index is 3.54. The molecule has 1 fully saturated rings. The van der Waals surface area contributed by atoms with E-state index in [1.54, 1.807) is 0 Å². The molecule has 1 saturated heterocycles. The van der Waals surface area contributed by atoms with Crippen molar-refractivity contribution in [2.75, 3.05) is 31.5 Å². The van der Waals surface area contributed by atoms with E-state index < -0.39 is 0 Å². The van der Waals surface area contributed by atoms with Crippen LogP contribution in [0.1, 0.15) is 36.3 Å². The van der Waals surface area contributed by atoms with Crippen molar-refractivity contribution in [3.8, 4) is 0 Å². The Labute approximate surface area is 104 Å². The number of benzene rings is 1. The molecule has 0 spiro atoms. The third-order valence-corrected chi connectivity index (χ3v) is 4.13. The Hall–Kier alpha value is -1.02. The zero-order valence-electron chi connectivity index (χ0n) is 10.7. The molecule has 1 atom stereocenters. The summed E-state index contributed by atoms with van der Waals surface area (Å²) in [7, 11) is 0. The number of nitrogens with zero attached hydrogens (tertiary/aromatic N) is 1. The Bertz CT molecular complexity index is 394. The lowest BCUT2D eigenvalue weighted by Gasteiger charge is -2.30. The molecule has 92 valence electrons. The largest absolute Gasteiger partial charge is 0.385 e. The van der Waals surface area contributed by atoms with E-state index in [4.69, 9.17) is 0 Å². The Kier molecular flexibility index (Phi) is 3.06. The van der Waals surface area contributed by atoms with E-state index in [0.717, 1.165) is 12.5 Å². The fourth-order valence-corrected chi connectivity index (χ4v) is 3.18. The van der Waals surface area contributed by atoms with E-state index in [9.17, 15) is 0 Å². The van der Waals surface area contributed by atoms with Crippen LogP contribution < -0.4 is 5.32 Å². The molecule has 0 aliphatic carbocycles. The molecule has 1 unspecified atom stereocenters. The second-order valence-corrected chi connectivity index (χ2v) is 5.51. The van der Waals surface area contributed by atoms with Gasteiger partial charge in [-0.05, 0) is 56.5 Å². The lowest BCUT2D eigenvalue weighted by Crippen LogP contribution is -2.29. The first-order valence-corrected chi connectivity index (χ1v) is 6.90. The van der Waals surface area contributed by atoms with Crippen molar-refractivity contribution >= 4 is 5.69 Å². The van der Waals surface area contributed by atoms with Crippen molar-refractivity contribution in [2.24, 2.45) is 0 Å². The fraction of sp³-hybridized carbons (Fsp3) is 0.600. The van der Waals surface area contributed by atoms with Gasteiger partial charge >= 0.3 is 0 Å². The van der Waals surface area contributed by atoms with Crippen LogP contribution in [-0.4, -0.2) is 31.1 Å². The highest BCUT2D eigenvalue weighted by Gasteiger charge is 2.23. The Morgan fingerprint density at radius 3 is 2.94 bits per heavy atom. The first-order chi connectivity index (χ1) is 8.33. The molecular formula is C15H22N2. The van der Waals surface area contributed by atoms with E-state index in [-0.39, 0.29) is 0 Å². The topological polar surface area (TPSA) is 15.3 Å². The van der Waals surface area contributed by atoms with Crippen LogP contribution in [0.2, 0.25) is 0 Å². The van der Waals surface area contributed by atoms with Gasteiger partial charge in [0.25, 0.3) is 0 Å². The third kappa shape index (κ3) is 2.32. The van der Waals surface area contributed by atoms with E-state index in [2.05, 4.69) is 35.3 Å². The number of hydrogen-bond acceptors (Lipinski definition) is 2. The van der Waals surface area contributed by atoms with Crippen LogP contribution in [0.5, 0.6) is 0 Å². The molecule has 2 heteroatoms. The molecule has 1 aromatic carbocycles. The zero-order valence-corrected chi connectivity index (χ0v) is 10.7. The predicted molar refractivity (Wildman–Crippen MR) is 72.7 cm³/mol. The number of fused-ring (bicyclic) bond motifs is 1. The Morgan fingerprint density at radius 2 is 2.12 bits per heavy atom. The highest BCUT2D eigenvalue weighted by molar-refractivity contribution is 5.56. The minimum absolute atomic E-state index is 0.741. The van der Waals surface area contributed by atoms with Crippen LogP contribution in [0, 0.1) is 6.92 Å². The molecule has 0 aromatic heterocycles. The van der Waals surface area contributed by atoms with Gasteiger partial charge in [0, 0.05) is 24.7 Å². The molecule has 0 saturated carbocycles. The van der Waals surface area contributed by atoms with Gasteiger partial charge in [-0.2, -0.15) is 0 Å². The summed E-state index contributed by atoms with van der Waals surface area (Å²) in [5, 5.41) is 3.54. The molecule has 2 heterocycles. The summed E-state index contributed by atoms with van der Waals surface area (Å²) in [5.74, 6) is 0.741. The van der Waals surface area contributed by atoms with Crippen LogP contribution in [-0.2, 0) is 0 Å². The maximum Gasteiger partial charge on any atom is 0.0378 e. The summed E-state index contributed by atoms with van der Waals surface area (Å²) in [4.78, 5) is 2.64. The van der Waals surface area contributed by atoms with E-state index in [0.29, 0.717) is 0 Å². The predicted octanol–water partition coefficient (Wildman–Crippen LogP) is 2.99. The molecule has 1 N–H and O–H groups in total. The molecule has 0 bridgehead atoms. The summed E-state index contributed by atoms with van der Waals surface area (Å²) in [6, 6.07) is 6.88. The number of aryl methyl sites for hydroxylation is 1. The average Bonchev–Trinajstić information content (AvgIpc) is 2.82. The highest BCUT2D eigenvalue weighted by Crippen LogP contribution is 2.33. The number of anilines is 1. The minimum Gasteiger partial charge on any atom is -0.385 e. The first kappa shape index (κ1) is 11.1. The van der Waals surface area contributed by atoms with Gasteiger partial charge < -0.3 is 10.2 Å². The van der Waals surface area contributed by atoms with Crippen LogP contribution in [0.15, 0.2) is 18.2 Å². The number of nitrogens with one attached hydrogen (secondary N) is 1. The molecule has 0 radical (unpaired) electrons. The second kappa shape index (κ2) is 4.69. The van der Waals surface area contributed by atoms with E-state index in [1.165, 1.54) is 55.7 Å². The van der Waals surface area contributed by atoms with Gasteiger partial charge in [-0.15, -0.1) is 0 Å². The van der Waals surface area contributed by atoms with E-state index in [1.807, 2.05) is 0 Å². The molecule has 2 nitrogen and oxygen atoms in total. The van der Waals surface area contributed by atoms with Crippen molar-refractivity contribution in [1.82, 2.24) is 4.90 Å². The molecule has 1 aromatic rings. The molecule has 0 amide bonds. The minimum atomic E-state index is 0.741. The van der Waals surface area contributed by atoms with Crippen LogP contribution in [0.4, 0.5) is 5.69 Å². The van der Waals surface area contributed by atoms with Crippen molar-refractivity contribution < 1.29 is 0 Å². The van der Waals surface area contributed by atoms with Crippen LogP contribution in [0.3, 0.4) is 0 Å². The van der Waals surface area contributed by atoms with Gasteiger partial charge in [0.1, 0.15) is 0 Å². The smallest absolute Gasteiger partial charge is 0.0378 e. The van der Waals surface area contributed by atoms with Gasteiger partial charge in [0.2, 0.25) is 0 Å². The summed E-state index contributed by atoms with van der Waals surface area (Å²) in [6.45, 7) is 7.19. The van der Waals surface area contributed by atoms with Gasteiger partial charge in [-0.3, -0.25) is 0 Å². The molecule has 2 aliphatic rings. The molecule has 17 heavy (non-hydrogen) atoms. The summed E-state index contributed by atoms with van der Waals surface area (Å²) in [5.41, 5.74) is 4.27. The number of rotatable bonds is 2. The third-order valence-electron chi connectivity index (χ3n) is 4.13. The highest BCUT2D eigenvalue weighted by atomic mass is 15.1. The van der Waals surface area contributed by atoms with Gasteiger partial charge in [0.15, 0.2) is 0 Å². The van der Waals surface area contributed by atoms with Crippen molar-refractivity contribution in [3.63, 3.8) is 0 Å². The molecular weight excluding hydrogens is 208 g/mol. The van der Waals surface area contributed by atoms with Gasteiger partial charge in [-0.25, -0.2) is 0 Å². The quantitative estimate of drug-likeness (QED) is 0.840. The maximum absolute atomic E-state index is 3.54. The van der Waals surface area contributed by atoms with E-state index >= 15 is 0 Å². The molecule has 2 aliphatic heterocycles. The van der Waals surface area contributed by atoms with Crippen LogP contribution >= 0.6 is 0 Å². The standard InChI is InChI=1S/C15H22N2/c1-12-4-5-14-13(6-7-16-15(14)10-12)11-17-8-2-3-9-17/h4-5,10,13,16H,2-3,6-9,11H2,1H3. The van der Waals surface area contributed by atoms with Crippen molar-refractivity contribution in [1.29, 1.82) is 0 Å². The fourth-order valence-electron chi connectivity index (χ4n) is 3.18. The lowest BCUT2D eigenvalue weighted by atomic mass is 9.90. The normalized spacial score (nSPS) is 24.4. The SMILES string of the molecule is Cc1ccc2c(c1)NCCC2CN1CCCC1. The first-order valence-electron chi connectivity index (χ1n) is 6.90.